The Hall–Kier alpha value is -0.120. The van der Waals surface area contributed by atoms with Crippen LogP contribution in [0.2, 0.25) is 0 Å². The van der Waals surface area contributed by atoms with Crippen molar-refractivity contribution < 1.29 is 15.3 Å². The van der Waals surface area contributed by atoms with Gasteiger partial charge in [-0.15, -0.1) is 0 Å². The third kappa shape index (κ3) is 1.00. The van der Waals surface area contributed by atoms with Gasteiger partial charge in [-0.1, -0.05) is 0 Å². The van der Waals surface area contributed by atoms with Gasteiger partial charge < -0.3 is 15.3 Å². The van der Waals surface area contributed by atoms with Crippen molar-refractivity contribution in [2.75, 3.05) is 13.2 Å². The number of hydrogen-bond acceptors (Lipinski definition) is 3. The molecule has 2 bridgehead atoms. The first kappa shape index (κ1) is 8.48. The predicted molar refractivity (Wildman–Crippen MR) is 43.4 cm³/mol. The Morgan fingerprint density at radius 3 is 2.25 bits per heavy atom. The zero-order valence-corrected chi connectivity index (χ0v) is 7.06. The molecule has 12 heavy (non-hydrogen) atoms. The Balaban J connectivity index is 2.11. The fourth-order valence-corrected chi connectivity index (χ4v) is 3.12. The molecule has 0 aromatic rings. The van der Waals surface area contributed by atoms with Crippen molar-refractivity contribution in [2.24, 2.45) is 23.7 Å². The molecule has 70 valence electrons. The average Bonchev–Trinajstić information content (AvgIpc) is 2.58. The topological polar surface area (TPSA) is 60.7 Å². The zero-order chi connectivity index (χ0) is 8.72. The highest BCUT2D eigenvalue weighted by Crippen LogP contribution is 2.51. The smallest absolute Gasteiger partial charge is 0.0574 e. The van der Waals surface area contributed by atoms with Gasteiger partial charge in [-0.25, -0.2) is 0 Å². The van der Waals surface area contributed by atoms with E-state index in [1.54, 1.807) is 0 Å². The molecule has 0 aromatic heterocycles. The molecule has 0 radical (unpaired) electrons. The minimum atomic E-state index is -0.227. The van der Waals surface area contributed by atoms with Crippen LogP contribution in [0.3, 0.4) is 0 Å². The van der Waals surface area contributed by atoms with Crippen LogP contribution in [0.15, 0.2) is 0 Å². The van der Waals surface area contributed by atoms with E-state index in [4.69, 9.17) is 10.2 Å². The van der Waals surface area contributed by atoms with Gasteiger partial charge in [-0.05, 0) is 36.5 Å². The molecule has 2 rings (SSSR count). The molecule has 0 aromatic carbocycles. The standard InChI is InChI=1S/C9H16O3/c10-3-7-5-1-6(8(7)4-11)9(12)2-5/h5-12H,1-4H2. The van der Waals surface area contributed by atoms with Crippen LogP contribution in [0.4, 0.5) is 0 Å². The molecule has 3 N–H and O–H groups in total. The minimum absolute atomic E-state index is 0.115. The van der Waals surface area contributed by atoms with E-state index >= 15 is 0 Å². The number of rotatable bonds is 2. The van der Waals surface area contributed by atoms with Gasteiger partial charge in [0, 0.05) is 13.2 Å². The summed E-state index contributed by atoms with van der Waals surface area (Å²) in [5, 5.41) is 27.7. The van der Waals surface area contributed by atoms with Gasteiger partial charge in [0.1, 0.15) is 0 Å². The first-order valence-corrected chi connectivity index (χ1v) is 4.67. The summed E-state index contributed by atoms with van der Waals surface area (Å²) in [6.07, 6.45) is 1.60. The second-order valence-corrected chi connectivity index (χ2v) is 4.16. The molecule has 5 atom stereocenters. The molecular formula is C9H16O3. The summed E-state index contributed by atoms with van der Waals surface area (Å²) in [5.74, 6) is 1.08. The highest BCUT2D eigenvalue weighted by atomic mass is 16.3. The predicted octanol–water partition coefficient (Wildman–Crippen LogP) is -0.396. The molecule has 3 nitrogen and oxygen atoms in total. The molecule has 3 heteroatoms. The van der Waals surface area contributed by atoms with Crippen LogP contribution in [0.1, 0.15) is 12.8 Å². The maximum Gasteiger partial charge on any atom is 0.0574 e. The van der Waals surface area contributed by atoms with Gasteiger partial charge >= 0.3 is 0 Å². The summed E-state index contributed by atoms with van der Waals surface area (Å²) in [6.45, 7) is 0.280. The van der Waals surface area contributed by atoms with Gasteiger partial charge in [0.05, 0.1) is 6.10 Å². The van der Waals surface area contributed by atoms with E-state index in [1.807, 2.05) is 0 Å². The summed E-state index contributed by atoms with van der Waals surface area (Å²) in [5.41, 5.74) is 0. The number of aliphatic hydroxyl groups excluding tert-OH is 3. The fourth-order valence-electron chi connectivity index (χ4n) is 3.12. The van der Waals surface area contributed by atoms with Crippen molar-refractivity contribution in [1.82, 2.24) is 0 Å². The monoisotopic (exact) mass is 172 g/mol. The molecule has 5 unspecified atom stereocenters. The fraction of sp³-hybridized carbons (Fsp3) is 1.00. The van der Waals surface area contributed by atoms with Crippen LogP contribution in [0.5, 0.6) is 0 Å². The third-order valence-electron chi connectivity index (χ3n) is 3.74. The van der Waals surface area contributed by atoms with E-state index in [2.05, 4.69) is 0 Å². The molecular weight excluding hydrogens is 156 g/mol. The normalized spacial score (nSPS) is 51.8. The van der Waals surface area contributed by atoms with E-state index in [-0.39, 0.29) is 37.1 Å². The minimum Gasteiger partial charge on any atom is -0.396 e. The Labute approximate surface area is 72.0 Å². The molecule has 2 fully saturated rings. The lowest BCUT2D eigenvalue weighted by molar-refractivity contribution is 0.00750. The molecule has 0 aliphatic heterocycles. The first-order chi connectivity index (χ1) is 5.77. The largest absolute Gasteiger partial charge is 0.396 e. The molecule has 0 heterocycles. The molecule has 2 saturated carbocycles. The lowest BCUT2D eigenvalue weighted by atomic mass is 9.79. The Kier molecular flexibility index (Phi) is 2.10. The quantitative estimate of drug-likeness (QED) is 0.531. The highest BCUT2D eigenvalue weighted by molar-refractivity contribution is 5.00. The Bertz CT molecular complexity index is 169. The van der Waals surface area contributed by atoms with E-state index in [0.29, 0.717) is 5.92 Å². The van der Waals surface area contributed by atoms with Crippen LogP contribution in [-0.4, -0.2) is 34.6 Å². The van der Waals surface area contributed by atoms with Crippen LogP contribution in [0.25, 0.3) is 0 Å². The van der Waals surface area contributed by atoms with Gasteiger partial charge in [0.15, 0.2) is 0 Å². The number of aliphatic hydroxyl groups is 3. The Morgan fingerprint density at radius 1 is 1.00 bits per heavy atom. The number of fused-ring (bicyclic) bond motifs is 2. The van der Waals surface area contributed by atoms with Gasteiger partial charge in [0.2, 0.25) is 0 Å². The van der Waals surface area contributed by atoms with Crippen LogP contribution >= 0.6 is 0 Å². The SMILES string of the molecule is OCC1C2CC(O)C(C2)C1CO. The van der Waals surface area contributed by atoms with E-state index in [9.17, 15) is 5.11 Å². The van der Waals surface area contributed by atoms with Gasteiger partial charge in [-0.3, -0.25) is 0 Å². The average molecular weight is 172 g/mol. The lowest BCUT2D eigenvalue weighted by Crippen LogP contribution is -2.35. The van der Waals surface area contributed by atoms with Gasteiger partial charge in [0.25, 0.3) is 0 Å². The molecule has 0 saturated heterocycles. The molecule has 0 amide bonds. The van der Waals surface area contributed by atoms with Crippen molar-refractivity contribution in [3.63, 3.8) is 0 Å². The van der Waals surface area contributed by atoms with Crippen LogP contribution < -0.4 is 0 Å². The van der Waals surface area contributed by atoms with Crippen LogP contribution in [-0.2, 0) is 0 Å². The van der Waals surface area contributed by atoms with Crippen molar-refractivity contribution in [3.8, 4) is 0 Å². The summed E-state index contributed by atoms with van der Waals surface area (Å²) in [4.78, 5) is 0. The van der Waals surface area contributed by atoms with E-state index in [1.165, 1.54) is 0 Å². The summed E-state index contributed by atoms with van der Waals surface area (Å²) < 4.78 is 0. The maximum atomic E-state index is 9.54. The second-order valence-electron chi connectivity index (χ2n) is 4.16. The zero-order valence-electron chi connectivity index (χ0n) is 7.06. The van der Waals surface area contributed by atoms with E-state index in [0.717, 1.165) is 12.8 Å². The first-order valence-electron chi connectivity index (χ1n) is 4.67. The highest BCUT2D eigenvalue weighted by Gasteiger charge is 2.51. The lowest BCUT2D eigenvalue weighted by Gasteiger charge is -2.31. The van der Waals surface area contributed by atoms with Gasteiger partial charge in [-0.2, -0.15) is 0 Å². The van der Waals surface area contributed by atoms with Crippen molar-refractivity contribution >= 4 is 0 Å². The Morgan fingerprint density at radius 2 is 1.67 bits per heavy atom. The van der Waals surface area contributed by atoms with E-state index < -0.39 is 0 Å². The van der Waals surface area contributed by atoms with Crippen molar-refractivity contribution in [2.45, 2.75) is 18.9 Å². The third-order valence-corrected chi connectivity index (χ3v) is 3.74. The molecule has 2 aliphatic carbocycles. The summed E-state index contributed by atoms with van der Waals surface area (Å²) in [7, 11) is 0. The van der Waals surface area contributed by atoms with Crippen LogP contribution in [0, 0.1) is 23.7 Å². The second kappa shape index (κ2) is 2.98. The van der Waals surface area contributed by atoms with Crippen molar-refractivity contribution in [1.29, 1.82) is 0 Å². The summed E-state index contributed by atoms with van der Waals surface area (Å²) in [6, 6.07) is 0. The molecule has 0 spiro atoms. The van der Waals surface area contributed by atoms with Crippen molar-refractivity contribution in [3.05, 3.63) is 0 Å². The maximum absolute atomic E-state index is 9.54. The summed E-state index contributed by atoms with van der Waals surface area (Å²) >= 11 is 0. The number of hydrogen-bond donors (Lipinski definition) is 3. The molecule has 2 aliphatic rings.